The van der Waals surface area contributed by atoms with Gasteiger partial charge in [0.05, 0.1) is 6.61 Å². The smallest absolute Gasteiger partial charge is 0.427 e. The Morgan fingerprint density at radius 2 is 1.96 bits per heavy atom. The van der Waals surface area contributed by atoms with E-state index < -0.39 is 16.2 Å². The van der Waals surface area contributed by atoms with Crippen molar-refractivity contribution in [1.82, 2.24) is 0 Å². The third-order valence-electron chi connectivity index (χ3n) is 3.49. The highest BCUT2D eigenvalue weighted by molar-refractivity contribution is 7.85. The molecule has 0 fully saturated rings. The molecule has 152 valence electrons. The molecule has 0 saturated carbocycles. The van der Waals surface area contributed by atoms with Crippen LogP contribution in [0, 0.1) is 0 Å². The maximum Gasteiger partial charge on any atom is 0.427 e. The Labute approximate surface area is 161 Å². The summed E-state index contributed by atoms with van der Waals surface area (Å²) in [5.41, 5.74) is 0. The summed E-state index contributed by atoms with van der Waals surface area (Å²) in [5, 5.41) is 19.6. The number of pyridine rings is 1. The van der Waals surface area contributed by atoms with E-state index in [-0.39, 0.29) is 11.5 Å². The first kappa shape index (κ1) is 22.9. The zero-order valence-corrected chi connectivity index (χ0v) is 16.7. The molecule has 0 spiro atoms. The number of hydrogen-bond acceptors (Lipinski definition) is 6. The predicted molar refractivity (Wildman–Crippen MR) is 98.8 cm³/mol. The summed E-state index contributed by atoms with van der Waals surface area (Å²) in [6, 6.07) is 3.47. The van der Waals surface area contributed by atoms with Gasteiger partial charge in [0.25, 0.3) is 6.73 Å². The van der Waals surface area contributed by atoms with Crippen molar-refractivity contribution < 1.29 is 32.1 Å². The number of ether oxygens (including phenoxy) is 1. The Bertz CT molecular complexity index is 731. The molecule has 27 heavy (non-hydrogen) atoms. The van der Waals surface area contributed by atoms with Crippen molar-refractivity contribution >= 4 is 16.2 Å². The van der Waals surface area contributed by atoms with Crippen LogP contribution in [0.5, 0.6) is 5.75 Å². The molecular formula is C18H28N2O6S. The van der Waals surface area contributed by atoms with E-state index >= 15 is 0 Å². The Kier molecular flexibility index (Phi) is 10.4. The van der Waals surface area contributed by atoms with Crippen molar-refractivity contribution in [3.8, 4) is 5.75 Å². The van der Waals surface area contributed by atoms with Crippen LogP contribution in [0.2, 0.25) is 0 Å². The molecule has 1 N–H and O–H groups in total. The van der Waals surface area contributed by atoms with Crippen molar-refractivity contribution in [2.75, 3.05) is 6.61 Å². The molecule has 1 aliphatic rings. The zero-order valence-electron chi connectivity index (χ0n) is 15.8. The van der Waals surface area contributed by atoms with Gasteiger partial charge in [0.15, 0.2) is 11.9 Å². The summed E-state index contributed by atoms with van der Waals surface area (Å²) in [7, 11) is -3.97. The summed E-state index contributed by atoms with van der Waals surface area (Å²) in [6.45, 7) is 4.91. The first-order valence-corrected chi connectivity index (χ1v) is 10.3. The van der Waals surface area contributed by atoms with Gasteiger partial charge >= 0.3 is 10.3 Å². The standard InChI is InChI=1S/C14H23NO2.C4H5NO4S/c1-2-3-4-5-6-7-11-17-13-15-10-8-9-14(16)12-15;1-3-2-4(6)5-10(7,8)9-3/h8-10,12H,2-7,11,13H2,1H3;2H,1H3,(H,5,6). The molecule has 9 heteroatoms. The van der Waals surface area contributed by atoms with Gasteiger partial charge in [-0.25, -0.2) is 0 Å². The monoisotopic (exact) mass is 400 g/mol. The lowest BCUT2D eigenvalue weighted by Crippen LogP contribution is -2.34. The van der Waals surface area contributed by atoms with Crippen LogP contribution in [-0.4, -0.2) is 26.0 Å². The molecule has 0 atom stereocenters. The van der Waals surface area contributed by atoms with Gasteiger partial charge in [0.1, 0.15) is 5.76 Å². The van der Waals surface area contributed by atoms with Gasteiger partial charge in [0, 0.05) is 12.0 Å². The molecule has 0 amide bonds. The zero-order chi connectivity index (χ0) is 20.1. The number of rotatable bonds is 9. The van der Waals surface area contributed by atoms with Crippen molar-refractivity contribution in [3.05, 3.63) is 36.4 Å². The van der Waals surface area contributed by atoms with Crippen molar-refractivity contribution in [2.24, 2.45) is 4.40 Å². The van der Waals surface area contributed by atoms with Crippen LogP contribution in [0.25, 0.3) is 0 Å². The van der Waals surface area contributed by atoms with Gasteiger partial charge in [-0.1, -0.05) is 39.0 Å². The number of unbranched alkanes of at least 4 members (excludes halogenated alkanes) is 5. The van der Waals surface area contributed by atoms with Gasteiger partial charge in [-0.2, -0.15) is 13.0 Å². The Morgan fingerprint density at radius 3 is 2.59 bits per heavy atom. The van der Waals surface area contributed by atoms with Crippen LogP contribution >= 0.6 is 0 Å². The fraction of sp³-hybridized carbons (Fsp3) is 0.556. The van der Waals surface area contributed by atoms with Gasteiger partial charge in [-0.05, 0) is 25.5 Å². The maximum absolute atomic E-state index is 10.4. The molecule has 0 saturated heterocycles. The molecule has 2 heterocycles. The van der Waals surface area contributed by atoms with Gasteiger partial charge < -0.3 is 19.1 Å². The van der Waals surface area contributed by atoms with E-state index in [1.807, 2.05) is 16.8 Å². The molecule has 1 aliphatic heterocycles. The molecule has 0 aliphatic carbocycles. The molecule has 0 radical (unpaired) electrons. The second kappa shape index (κ2) is 12.3. The number of nitrogens with zero attached hydrogens (tertiary/aromatic N) is 2. The van der Waals surface area contributed by atoms with Crippen LogP contribution in [0.4, 0.5) is 0 Å². The van der Waals surface area contributed by atoms with E-state index in [1.54, 1.807) is 12.3 Å². The lowest BCUT2D eigenvalue weighted by atomic mass is 10.1. The highest BCUT2D eigenvalue weighted by atomic mass is 32.2. The van der Waals surface area contributed by atoms with Crippen molar-refractivity contribution in [3.63, 3.8) is 0 Å². The molecule has 0 aromatic carbocycles. The quantitative estimate of drug-likeness (QED) is 0.501. The lowest BCUT2D eigenvalue weighted by Gasteiger charge is -2.12. The van der Waals surface area contributed by atoms with Crippen LogP contribution < -0.4 is 9.67 Å². The number of aromatic hydroxyl groups is 1. The molecule has 2 rings (SSSR count). The summed E-state index contributed by atoms with van der Waals surface area (Å²) >= 11 is 0. The summed E-state index contributed by atoms with van der Waals surface area (Å²) in [6.07, 6.45) is 12.2. The molecule has 0 bridgehead atoms. The Balaban J connectivity index is 0.000000309. The Hall–Kier alpha value is -2.13. The van der Waals surface area contributed by atoms with E-state index in [0.29, 0.717) is 6.73 Å². The average Bonchev–Trinajstić information content (AvgIpc) is 2.55. The topological polar surface area (TPSA) is 112 Å². The molecule has 0 unspecified atom stereocenters. The fourth-order valence-corrected chi connectivity index (χ4v) is 2.95. The van der Waals surface area contributed by atoms with Crippen LogP contribution in [0.15, 0.2) is 40.8 Å². The number of hydrogen-bond donors (Lipinski definition) is 1. The minimum Gasteiger partial charge on any atom is -0.858 e. The summed E-state index contributed by atoms with van der Waals surface area (Å²) < 4.78 is 35.1. The normalized spacial score (nSPS) is 15.0. The van der Waals surface area contributed by atoms with E-state index in [0.717, 1.165) is 19.1 Å². The van der Waals surface area contributed by atoms with Gasteiger partial charge in [-0.3, -0.25) is 0 Å². The third kappa shape index (κ3) is 11.2. The fourth-order valence-electron chi connectivity index (χ4n) is 2.26. The van der Waals surface area contributed by atoms with Crippen molar-refractivity contribution in [2.45, 2.75) is 59.1 Å². The minimum absolute atomic E-state index is 0.0417. The van der Waals surface area contributed by atoms with Gasteiger partial charge in [-0.15, -0.1) is 4.40 Å². The number of aromatic nitrogens is 1. The van der Waals surface area contributed by atoms with E-state index in [4.69, 9.17) is 4.74 Å². The largest absolute Gasteiger partial charge is 0.858 e. The average molecular weight is 400 g/mol. The first-order chi connectivity index (χ1) is 12.8. The van der Waals surface area contributed by atoms with Crippen LogP contribution in [0.1, 0.15) is 52.4 Å². The molecule has 1 aromatic rings. The van der Waals surface area contributed by atoms with E-state index in [9.17, 15) is 18.6 Å². The highest BCUT2D eigenvalue weighted by Gasteiger charge is 2.12. The second-order valence-electron chi connectivity index (χ2n) is 6.08. The Morgan fingerprint density at radius 1 is 1.26 bits per heavy atom. The highest BCUT2D eigenvalue weighted by Crippen LogP contribution is 2.09. The maximum atomic E-state index is 10.4. The molecular weight excluding hydrogens is 372 g/mol. The summed E-state index contributed by atoms with van der Waals surface area (Å²) in [4.78, 5) is 0. The predicted octanol–water partition coefficient (Wildman–Crippen LogP) is 1.94. The lowest BCUT2D eigenvalue weighted by molar-refractivity contribution is -0.733. The SMILES string of the molecule is CC1=CC([O-])=NS(=O)(=O)O1.CCCCCCCCOC[n+]1cccc(O)c1. The second-order valence-corrected chi connectivity index (χ2v) is 7.28. The minimum atomic E-state index is -3.97. The molecule has 8 nitrogen and oxygen atoms in total. The van der Waals surface area contributed by atoms with Crippen LogP contribution in [0.3, 0.4) is 0 Å². The summed E-state index contributed by atoms with van der Waals surface area (Å²) in [5.74, 6) is -0.487. The van der Waals surface area contributed by atoms with E-state index in [2.05, 4.69) is 15.5 Å². The van der Waals surface area contributed by atoms with Crippen molar-refractivity contribution in [1.29, 1.82) is 0 Å². The van der Waals surface area contributed by atoms with Gasteiger partial charge in [0.2, 0.25) is 6.20 Å². The van der Waals surface area contributed by atoms with E-state index in [1.165, 1.54) is 39.0 Å². The third-order valence-corrected chi connectivity index (χ3v) is 4.37. The van der Waals surface area contributed by atoms with Crippen LogP contribution in [-0.2, 0) is 26.0 Å². The molecule has 1 aromatic heterocycles. The first-order valence-electron chi connectivity index (χ1n) is 8.98. The number of allylic oxidation sites excluding steroid dienone is 1.